The van der Waals surface area contributed by atoms with Gasteiger partial charge in [0.05, 0.1) is 12.2 Å². The minimum atomic E-state index is 0.221. The Kier molecular flexibility index (Phi) is 3.48. The maximum absolute atomic E-state index is 5.48. The number of hydrogen-bond acceptors (Lipinski definition) is 5. The molecule has 0 aromatic carbocycles. The highest BCUT2D eigenvalue weighted by Gasteiger charge is 2.33. The van der Waals surface area contributed by atoms with Crippen LogP contribution in [0.15, 0.2) is 16.9 Å². The zero-order valence-electron chi connectivity index (χ0n) is 13.3. The molecule has 118 valence electrons. The number of hydrogen-bond donors (Lipinski definition) is 0. The first-order chi connectivity index (χ1) is 10.7. The minimum Gasteiger partial charge on any atom is -0.338 e. The van der Waals surface area contributed by atoms with E-state index in [2.05, 4.69) is 33.3 Å². The van der Waals surface area contributed by atoms with E-state index in [0.29, 0.717) is 11.8 Å². The standard InChI is InChI=1S/C16H23N5O/c1-11(16-18-15(19-22-16)14-3-4-14)21-6-5-12(10-21)7-13-8-17-20(2)9-13/h8-9,11-12,14H,3-7,10H2,1-2H3/t11-,12+/m0/s1. The van der Waals surface area contributed by atoms with Crippen molar-refractivity contribution < 1.29 is 4.52 Å². The van der Waals surface area contributed by atoms with E-state index < -0.39 is 0 Å². The van der Waals surface area contributed by atoms with Gasteiger partial charge in [0.25, 0.3) is 0 Å². The molecular formula is C16H23N5O. The number of aromatic nitrogens is 4. The van der Waals surface area contributed by atoms with Gasteiger partial charge in [-0.05, 0) is 50.6 Å². The molecule has 2 aromatic rings. The van der Waals surface area contributed by atoms with Gasteiger partial charge < -0.3 is 4.52 Å². The van der Waals surface area contributed by atoms with Crippen molar-refractivity contribution in [3.63, 3.8) is 0 Å². The molecule has 0 N–H and O–H groups in total. The van der Waals surface area contributed by atoms with Crippen LogP contribution in [0.2, 0.25) is 0 Å². The van der Waals surface area contributed by atoms with E-state index in [0.717, 1.165) is 31.2 Å². The summed E-state index contributed by atoms with van der Waals surface area (Å²) < 4.78 is 7.36. The minimum absolute atomic E-state index is 0.221. The van der Waals surface area contributed by atoms with Crippen LogP contribution < -0.4 is 0 Å². The second-order valence-electron chi connectivity index (χ2n) is 6.82. The highest BCUT2D eigenvalue weighted by molar-refractivity contribution is 5.07. The Morgan fingerprint density at radius 1 is 1.36 bits per heavy atom. The first-order valence-corrected chi connectivity index (χ1v) is 8.24. The molecule has 2 atom stereocenters. The van der Waals surface area contributed by atoms with Crippen molar-refractivity contribution in [3.8, 4) is 0 Å². The van der Waals surface area contributed by atoms with E-state index >= 15 is 0 Å². The van der Waals surface area contributed by atoms with Crippen LogP contribution in [0.3, 0.4) is 0 Å². The Labute approximate surface area is 130 Å². The zero-order chi connectivity index (χ0) is 15.1. The molecule has 0 unspecified atom stereocenters. The summed E-state index contributed by atoms with van der Waals surface area (Å²) in [4.78, 5) is 7.06. The van der Waals surface area contributed by atoms with Crippen molar-refractivity contribution in [1.82, 2.24) is 24.8 Å². The van der Waals surface area contributed by atoms with Gasteiger partial charge in [-0.25, -0.2) is 0 Å². The van der Waals surface area contributed by atoms with Crippen molar-refractivity contribution in [2.45, 2.75) is 44.6 Å². The fourth-order valence-corrected chi connectivity index (χ4v) is 3.37. The third-order valence-electron chi connectivity index (χ3n) is 4.91. The van der Waals surface area contributed by atoms with Crippen LogP contribution in [0.5, 0.6) is 0 Å². The van der Waals surface area contributed by atoms with Gasteiger partial charge in [0.1, 0.15) is 0 Å². The lowest BCUT2D eigenvalue weighted by molar-refractivity contribution is 0.202. The van der Waals surface area contributed by atoms with Gasteiger partial charge in [-0.3, -0.25) is 9.58 Å². The monoisotopic (exact) mass is 301 g/mol. The summed E-state index contributed by atoms with van der Waals surface area (Å²) in [5.74, 6) is 2.94. The average molecular weight is 301 g/mol. The third kappa shape index (κ3) is 2.79. The molecule has 0 amide bonds. The molecule has 2 aromatic heterocycles. The first-order valence-electron chi connectivity index (χ1n) is 8.24. The van der Waals surface area contributed by atoms with Crippen molar-refractivity contribution in [2.75, 3.05) is 13.1 Å². The lowest BCUT2D eigenvalue weighted by atomic mass is 10.0. The third-order valence-corrected chi connectivity index (χ3v) is 4.91. The van der Waals surface area contributed by atoms with Gasteiger partial charge in [-0.15, -0.1) is 0 Å². The van der Waals surface area contributed by atoms with E-state index in [9.17, 15) is 0 Å². The van der Waals surface area contributed by atoms with E-state index in [1.54, 1.807) is 0 Å². The van der Waals surface area contributed by atoms with Crippen LogP contribution >= 0.6 is 0 Å². The van der Waals surface area contributed by atoms with Crippen molar-refractivity contribution in [3.05, 3.63) is 29.7 Å². The van der Waals surface area contributed by atoms with Crippen LogP contribution in [0, 0.1) is 5.92 Å². The number of likely N-dealkylation sites (tertiary alicyclic amines) is 1. The van der Waals surface area contributed by atoms with Crippen LogP contribution in [0.4, 0.5) is 0 Å². The fraction of sp³-hybridized carbons (Fsp3) is 0.688. The molecule has 2 fully saturated rings. The highest BCUT2D eigenvalue weighted by Crippen LogP contribution is 2.39. The molecule has 22 heavy (non-hydrogen) atoms. The quantitative estimate of drug-likeness (QED) is 0.848. The van der Waals surface area contributed by atoms with E-state index in [1.807, 2.05) is 17.9 Å². The highest BCUT2D eigenvalue weighted by atomic mass is 16.5. The molecule has 1 saturated heterocycles. The Balaban J connectivity index is 1.36. The summed E-state index contributed by atoms with van der Waals surface area (Å²) in [7, 11) is 1.97. The SMILES string of the molecule is C[C@@H](c1nc(C2CC2)no1)N1CC[C@H](Cc2cnn(C)c2)C1. The van der Waals surface area contributed by atoms with Crippen molar-refractivity contribution in [2.24, 2.45) is 13.0 Å². The van der Waals surface area contributed by atoms with Gasteiger partial charge >= 0.3 is 0 Å². The molecule has 2 aliphatic rings. The van der Waals surface area contributed by atoms with Crippen LogP contribution in [-0.4, -0.2) is 37.9 Å². The first kappa shape index (κ1) is 13.9. The molecule has 1 saturated carbocycles. The number of rotatable bonds is 5. The van der Waals surface area contributed by atoms with E-state index in [1.165, 1.54) is 24.8 Å². The Morgan fingerprint density at radius 2 is 2.23 bits per heavy atom. The molecular weight excluding hydrogens is 278 g/mol. The maximum atomic E-state index is 5.48. The number of aryl methyl sites for hydroxylation is 1. The Hall–Kier alpha value is -1.69. The summed E-state index contributed by atoms with van der Waals surface area (Å²) in [6.07, 6.45) is 8.85. The molecule has 3 heterocycles. The Bertz CT molecular complexity index is 645. The van der Waals surface area contributed by atoms with Gasteiger partial charge in [-0.2, -0.15) is 10.1 Å². The second-order valence-corrected chi connectivity index (χ2v) is 6.82. The summed E-state index contributed by atoms with van der Waals surface area (Å²) in [5, 5.41) is 8.39. The number of nitrogens with zero attached hydrogens (tertiary/aromatic N) is 5. The normalized spacial score (nSPS) is 24.0. The lowest BCUT2D eigenvalue weighted by Crippen LogP contribution is -2.25. The lowest BCUT2D eigenvalue weighted by Gasteiger charge is -2.20. The van der Waals surface area contributed by atoms with E-state index in [4.69, 9.17) is 4.52 Å². The van der Waals surface area contributed by atoms with Crippen molar-refractivity contribution in [1.29, 1.82) is 0 Å². The van der Waals surface area contributed by atoms with Gasteiger partial charge in [0, 0.05) is 25.7 Å². The second kappa shape index (κ2) is 5.50. The summed E-state index contributed by atoms with van der Waals surface area (Å²) in [5.41, 5.74) is 1.33. The van der Waals surface area contributed by atoms with Gasteiger partial charge in [0.2, 0.25) is 5.89 Å². The topological polar surface area (TPSA) is 60.0 Å². The van der Waals surface area contributed by atoms with Gasteiger partial charge in [-0.1, -0.05) is 5.16 Å². The largest absolute Gasteiger partial charge is 0.338 e. The fourth-order valence-electron chi connectivity index (χ4n) is 3.37. The average Bonchev–Trinajstić information content (AvgIpc) is 2.92. The predicted molar refractivity (Wildman–Crippen MR) is 81.3 cm³/mol. The summed E-state index contributed by atoms with van der Waals surface area (Å²) >= 11 is 0. The van der Waals surface area contributed by atoms with Crippen LogP contribution in [0.1, 0.15) is 55.4 Å². The maximum Gasteiger partial charge on any atom is 0.243 e. The van der Waals surface area contributed by atoms with E-state index in [-0.39, 0.29) is 6.04 Å². The predicted octanol–water partition coefficient (Wildman–Crippen LogP) is 2.31. The smallest absolute Gasteiger partial charge is 0.243 e. The summed E-state index contributed by atoms with van der Waals surface area (Å²) in [6, 6.07) is 0.221. The molecule has 1 aliphatic heterocycles. The molecule has 0 radical (unpaired) electrons. The molecule has 0 spiro atoms. The summed E-state index contributed by atoms with van der Waals surface area (Å²) in [6.45, 7) is 4.38. The molecule has 0 bridgehead atoms. The van der Waals surface area contributed by atoms with Crippen LogP contribution in [0.25, 0.3) is 0 Å². The molecule has 6 heteroatoms. The molecule has 4 rings (SSSR count). The van der Waals surface area contributed by atoms with Gasteiger partial charge in [0.15, 0.2) is 5.82 Å². The zero-order valence-corrected chi connectivity index (χ0v) is 13.3. The van der Waals surface area contributed by atoms with Crippen molar-refractivity contribution >= 4 is 0 Å². The Morgan fingerprint density at radius 3 is 2.95 bits per heavy atom. The van der Waals surface area contributed by atoms with Crippen LogP contribution in [-0.2, 0) is 13.5 Å². The molecule has 1 aliphatic carbocycles. The molecule has 6 nitrogen and oxygen atoms in total.